The highest BCUT2D eigenvalue weighted by molar-refractivity contribution is 6.42. The van der Waals surface area contributed by atoms with Crippen LogP contribution in [0.4, 0.5) is 10.5 Å². The third-order valence-electron chi connectivity index (χ3n) is 5.86. The van der Waals surface area contributed by atoms with Gasteiger partial charge in [0.05, 0.1) is 32.7 Å². The van der Waals surface area contributed by atoms with Gasteiger partial charge in [-0.05, 0) is 55.3 Å². The van der Waals surface area contributed by atoms with Crippen LogP contribution in [0.25, 0.3) is 16.6 Å². The Hall–Kier alpha value is -3.35. The lowest BCUT2D eigenvalue weighted by Gasteiger charge is -2.27. The smallest absolute Gasteiger partial charge is 0.318 e. The third-order valence-corrected chi connectivity index (χ3v) is 6.60. The molecule has 0 spiro atoms. The number of benzene rings is 3. The van der Waals surface area contributed by atoms with E-state index in [1.807, 2.05) is 50.2 Å². The van der Waals surface area contributed by atoms with Crippen LogP contribution in [0.1, 0.15) is 31.3 Å². The topological polar surface area (TPSA) is 67.2 Å². The summed E-state index contributed by atoms with van der Waals surface area (Å²) in [6, 6.07) is 19.0. The zero-order valence-corrected chi connectivity index (χ0v) is 20.6. The van der Waals surface area contributed by atoms with E-state index in [2.05, 4.69) is 5.32 Å². The minimum atomic E-state index is -0.523. The lowest BCUT2D eigenvalue weighted by molar-refractivity contribution is 0.205. The van der Waals surface area contributed by atoms with Crippen molar-refractivity contribution in [3.8, 4) is 5.69 Å². The normalized spacial score (nSPS) is 11.9. The third kappa shape index (κ3) is 4.52. The lowest BCUT2D eigenvalue weighted by atomic mass is 10.1. The largest absolute Gasteiger partial charge is 0.322 e. The van der Waals surface area contributed by atoms with Crippen molar-refractivity contribution in [2.75, 3.05) is 12.4 Å². The highest BCUT2D eigenvalue weighted by Gasteiger charge is 2.25. The van der Waals surface area contributed by atoms with Gasteiger partial charge in [0.2, 0.25) is 0 Å². The summed E-state index contributed by atoms with van der Waals surface area (Å²) in [7, 11) is 1.66. The van der Waals surface area contributed by atoms with Gasteiger partial charge in [0.1, 0.15) is 5.82 Å². The quantitative estimate of drug-likeness (QED) is 0.345. The van der Waals surface area contributed by atoms with Gasteiger partial charge in [0.25, 0.3) is 5.56 Å². The van der Waals surface area contributed by atoms with Crippen LogP contribution >= 0.6 is 23.2 Å². The number of aryl methyl sites for hydroxylation is 1. The standard InChI is InChI=1S/C26H24Cl2N4O2/c1-4-17-9-5-8-12-23(17)32-24(30-22-11-7-6-10-19(22)25(32)33)16(2)31(3)26(34)29-18-13-14-20(27)21(28)15-18/h5-16H,4H2,1-3H3,(H,29,34). The molecule has 4 rings (SSSR count). The highest BCUT2D eigenvalue weighted by Crippen LogP contribution is 2.27. The van der Waals surface area contributed by atoms with Gasteiger partial charge in [-0.3, -0.25) is 9.36 Å². The number of nitrogens with zero attached hydrogens (tertiary/aromatic N) is 3. The number of carbonyl (C=O) groups is 1. The van der Waals surface area contributed by atoms with Gasteiger partial charge in [-0.15, -0.1) is 0 Å². The van der Waals surface area contributed by atoms with E-state index >= 15 is 0 Å². The number of halogens is 2. The summed E-state index contributed by atoms with van der Waals surface area (Å²) >= 11 is 12.1. The number of carbonyl (C=O) groups excluding carboxylic acids is 1. The SMILES string of the molecule is CCc1ccccc1-n1c(C(C)N(C)C(=O)Nc2ccc(Cl)c(Cl)c2)nc2ccccc2c1=O. The Morgan fingerprint density at radius 1 is 1.06 bits per heavy atom. The number of fused-ring (bicyclic) bond motifs is 1. The molecule has 34 heavy (non-hydrogen) atoms. The molecule has 1 N–H and O–H groups in total. The molecule has 0 radical (unpaired) electrons. The molecule has 1 unspecified atom stereocenters. The molecule has 3 aromatic carbocycles. The van der Waals surface area contributed by atoms with Crippen molar-refractivity contribution in [1.29, 1.82) is 0 Å². The van der Waals surface area contributed by atoms with E-state index in [0.29, 0.717) is 32.5 Å². The van der Waals surface area contributed by atoms with Crippen molar-refractivity contribution in [3.63, 3.8) is 0 Å². The van der Waals surface area contributed by atoms with E-state index in [4.69, 9.17) is 28.2 Å². The fourth-order valence-corrected chi connectivity index (χ4v) is 4.12. The van der Waals surface area contributed by atoms with Gasteiger partial charge in [-0.1, -0.05) is 60.5 Å². The molecule has 1 aromatic heterocycles. The second kappa shape index (κ2) is 9.87. The lowest BCUT2D eigenvalue weighted by Crippen LogP contribution is -2.37. The van der Waals surface area contributed by atoms with Crippen LogP contribution in [0, 0.1) is 0 Å². The molecule has 2 amide bonds. The number of urea groups is 1. The van der Waals surface area contributed by atoms with Gasteiger partial charge < -0.3 is 10.2 Å². The Bertz CT molecular complexity index is 1430. The first-order chi connectivity index (χ1) is 16.3. The summed E-state index contributed by atoms with van der Waals surface area (Å²) in [6.45, 7) is 3.88. The molecule has 0 aliphatic heterocycles. The predicted molar refractivity (Wildman–Crippen MR) is 138 cm³/mol. The van der Waals surface area contributed by atoms with Crippen molar-refractivity contribution in [3.05, 3.63) is 98.5 Å². The van der Waals surface area contributed by atoms with E-state index < -0.39 is 6.04 Å². The van der Waals surface area contributed by atoms with Gasteiger partial charge in [0.15, 0.2) is 0 Å². The van der Waals surface area contributed by atoms with Gasteiger partial charge >= 0.3 is 6.03 Å². The first-order valence-electron chi connectivity index (χ1n) is 10.9. The van der Waals surface area contributed by atoms with Crippen LogP contribution < -0.4 is 10.9 Å². The van der Waals surface area contributed by atoms with Crippen molar-refractivity contribution in [1.82, 2.24) is 14.5 Å². The van der Waals surface area contributed by atoms with Crippen LogP contribution in [-0.2, 0) is 6.42 Å². The molecular formula is C26H24Cl2N4O2. The van der Waals surface area contributed by atoms with E-state index in [1.54, 1.807) is 41.9 Å². The average Bonchev–Trinajstić information content (AvgIpc) is 2.85. The fraction of sp³-hybridized carbons (Fsp3) is 0.192. The highest BCUT2D eigenvalue weighted by atomic mass is 35.5. The molecule has 6 nitrogen and oxygen atoms in total. The Morgan fingerprint density at radius 3 is 2.50 bits per heavy atom. The molecule has 0 bridgehead atoms. The zero-order valence-electron chi connectivity index (χ0n) is 19.0. The minimum absolute atomic E-state index is 0.174. The number of anilines is 1. The maximum Gasteiger partial charge on any atom is 0.322 e. The molecule has 174 valence electrons. The molecule has 0 aliphatic rings. The first-order valence-corrected chi connectivity index (χ1v) is 11.7. The number of hydrogen-bond donors (Lipinski definition) is 1. The molecule has 4 aromatic rings. The first kappa shape index (κ1) is 23.8. The summed E-state index contributed by atoms with van der Waals surface area (Å²) < 4.78 is 1.62. The molecule has 0 fully saturated rings. The molecule has 0 aliphatic carbocycles. The summed E-state index contributed by atoms with van der Waals surface area (Å²) in [6.07, 6.45) is 0.747. The summed E-state index contributed by atoms with van der Waals surface area (Å²) in [4.78, 5) is 33.0. The van der Waals surface area contributed by atoms with Gasteiger partial charge in [0, 0.05) is 12.7 Å². The van der Waals surface area contributed by atoms with Crippen LogP contribution in [0.2, 0.25) is 10.0 Å². The predicted octanol–water partition coefficient (Wildman–Crippen LogP) is 6.48. The van der Waals surface area contributed by atoms with Crippen LogP contribution in [-0.4, -0.2) is 27.5 Å². The van der Waals surface area contributed by atoms with E-state index in [1.165, 1.54) is 4.90 Å². The molecule has 8 heteroatoms. The molecule has 1 heterocycles. The van der Waals surface area contributed by atoms with Crippen molar-refractivity contribution < 1.29 is 4.79 Å². The van der Waals surface area contributed by atoms with Crippen LogP contribution in [0.3, 0.4) is 0 Å². The number of rotatable bonds is 5. The van der Waals surface area contributed by atoms with Crippen molar-refractivity contribution in [2.24, 2.45) is 0 Å². The summed E-state index contributed by atoms with van der Waals surface area (Å²) in [5.74, 6) is 0.469. The van der Waals surface area contributed by atoms with Crippen molar-refractivity contribution >= 4 is 45.8 Å². The average molecular weight is 495 g/mol. The molecule has 0 saturated carbocycles. The molecule has 0 saturated heterocycles. The zero-order chi connectivity index (χ0) is 24.4. The maximum atomic E-state index is 13.7. The second-order valence-corrected chi connectivity index (χ2v) is 8.77. The second-order valence-electron chi connectivity index (χ2n) is 7.96. The summed E-state index contributed by atoms with van der Waals surface area (Å²) in [5.41, 5.74) is 2.69. The number of hydrogen-bond acceptors (Lipinski definition) is 3. The fourth-order valence-electron chi connectivity index (χ4n) is 3.83. The van der Waals surface area contributed by atoms with E-state index in [0.717, 1.165) is 17.7 Å². The van der Waals surface area contributed by atoms with E-state index in [-0.39, 0.29) is 11.6 Å². The van der Waals surface area contributed by atoms with E-state index in [9.17, 15) is 9.59 Å². The Balaban J connectivity index is 1.80. The molecule has 1 atom stereocenters. The Kier molecular flexibility index (Phi) is 6.91. The maximum absolute atomic E-state index is 13.7. The van der Waals surface area contributed by atoms with Crippen LogP contribution in [0.15, 0.2) is 71.5 Å². The summed E-state index contributed by atoms with van der Waals surface area (Å²) in [5, 5.41) is 4.09. The Morgan fingerprint density at radius 2 is 1.76 bits per heavy atom. The number of aromatic nitrogens is 2. The molecular weight excluding hydrogens is 471 g/mol. The number of nitrogens with one attached hydrogen (secondary N) is 1. The monoisotopic (exact) mass is 494 g/mol. The Labute approximate surface area is 207 Å². The van der Waals surface area contributed by atoms with Crippen LogP contribution in [0.5, 0.6) is 0 Å². The van der Waals surface area contributed by atoms with Gasteiger partial charge in [-0.25, -0.2) is 9.78 Å². The minimum Gasteiger partial charge on any atom is -0.318 e. The number of amides is 2. The van der Waals surface area contributed by atoms with Gasteiger partial charge in [-0.2, -0.15) is 0 Å². The van der Waals surface area contributed by atoms with Crippen molar-refractivity contribution in [2.45, 2.75) is 26.3 Å². The number of para-hydroxylation sites is 2.